The molecule has 0 atom stereocenters. The van der Waals surface area contributed by atoms with E-state index in [0.717, 1.165) is 25.7 Å². The normalized spacial score (nSPS) is 16.0. The van der Waals surface area contributed by atoms with Crippen LogP contribution in [-0.2, 0) is 9.59 Å². The van der Waals surface area contributed by atoms with E-state index in [-0.39, 0.29) is 39.8 Å². The second kappa shape index (κ2) is 9.22. The second-order valence-electron chi connectivity index (χ2n) is 5.52. The van der Waals surface area contributed by atoms with Crippen molar-refractivity contribution in [3.8, 4) is 0 Å². The highest BCUT2D eigenvalue weighted by molar-refractivity contribution is 7.99. The predicted octanol–water partition coefficient (Wildman–Crippen LogP) is 4.39. The van der Waals surface area contributed by atoms with Gasteiger partial charge in [0, 0.05) is 13.0 Å². The van der Waals surface area contributed by atoms with Crippen molar-refractivity contribution in [3.05, 3.63) is 23.2 Å². The van der Waals surface area contributed by atoms with Crippen LogP contribution in [-0.4, -0.2) is 35.6 Å². The molecule has 1 saturated heterocycles. The number of anilines is 1. The Labute approximate surface area is 148 Å². The van der Waals surface area contributed by atoms with Gasteiger partial charge in [-0.1, -0.05) is 42.3 Å². The standard InChI is InChI=1S/C16H19ClF2N2O2S/c17-11-6-5-7-12(15(11)24-16(18)19)20-13(22)10-21-9-4-2-1-3-8-14(21)23/h5-7,16H,1-4,8-10H2,(H,20,22). The number of nitrogens with zero attached hydrogens (tertiary/aromatic N) is 1. The number of rotatable bonds is 5. The average Bonchev–Trinajstić information content (AvgIpc) is 2.50. The van der Waals surface area contributed by atoms with E-state index in [1.807, 2.05) is 0 Å². The lowest BCUT2D eigenvalue weighted by Gasteiger charge is -2.24. The van der Waals surface area contributed by atoms with Crippen LogP contribution in [0.4, 0.5) is 14.5 Å². The number of hydrogen-bond acceptors (Lipinski definition) is 3. The second-order valence-corrected chi connectivity index (χ2v) is 6.93. The molecule has 0 radical (unpaired) electrons. The number of likely N-dealkylation sites (tertiary alicyclic amines) is 1. The fourth-order valence-corrected chi connectivity index (χ4v) is 3.47. The number of amides is 2. The van der Waals surface area contributed by atoms with Crippen molar-refractivity contribution in [3.63, 3.8) is 0 Å². The molecule has 1 aliphatic heterocycles. The third kappa shape index (κ3) is 5.63. The van der Waals surface area contributed by atoms with Gasteiger partial charge < -0.3 is 10.2 Å². The van der Waals surface area contributed by atoms with Gasteiger partial charge >= 0.3 is 0 Å². The van der Waals surface area contributed by atoms with Crippen molar-refractivity contribution in [1.29, 1.82) is 0 Å². The summed E-state index contributed by atoms with van der Waals surface area (Å²) in [5, 5.41) is 2.74. The van der Waals surface area contributed by atoms with E-state index in [1.165, 1.54) is 17.0 Å². The summed E-state index contributed by atoms with van der Waals surface area (Å²) in [5.74, 6) is -3.10. The Kier molecular flexibility index (Phi) is 7.30. The Bertz CT molecular complexity index is 601. The Balaban J connectivity index is 2.03. The molecule has 0 unspecified atom stereocenters. The van der Waals surface area contributed by atoms with Gasteiger partial charge in [0.15, 0.2) is 0 Å². The summed E-state index contributed by atoms with van der Waals surface area (Å²) in [4.78, 5) is 25.9. The molecule has 2 rings (SSSR count). The van der Waals surface area contributed by atoms with Crippen LogP contribution in [0.3, 0.4) is 0 Å². The number of carbonyl (C=O) groups excluding carboxylic acids is 2. The number of hydrogen-bond donors (Lipinski definition) is 1. The topological polar surface area (TPSA) is 49.4 Å². The zero-order chi connectivity index (χ0) is 17.5. The van der Waals surface area contributed by atoms with Crippen LogP contribution in [0.15, 0.2) is 23.1 Å². The van der Waals surface area contributed by atoms with E-state index in [4.69, 9.17) is 11.6 Å². The summed E-state index contributed by atoms with van der Waals surface area (Å²) in [6, 6.07) is 4.59. The van der Waals surface area contributed by atoms with Crippen molar-refractivity contribution < 1.29 is 18.4 Å². The van der Waals surface area contributed by atoms with Crippen molar-refractivity contribution in [2.75, 3.05) is 18.4 Å². The quantitative estimate of drug-likeness (QED) is 0.775. The van der Waals surface area contributed by atoms with Gasteiger partial charge in [-0.3, -0.25) is 9.59 Å². The average molecular weight is 377 g/mol. The molecule has 1 aromatic rings. The molecule has 1 aliphatic rings. The Morgan fingerprint density at radius 2 is 2.04 bits per heavy atom. The Hall–Kier alpha value is -1.34. The molecular formula is C16H19ClF2N2O2S. The van der Waals surface area contributed by atoms with Gasteiger partial charge in [-0.15, -0.1) is 0 Å². The highest BCUT2D eigenvalue weighted by Crippen LogP contribution is 2.37. The molecule has 1 N–H and O–H groups in total. The van der Waals surface area contributed by atoms with Gasteiger partial charge in [0.1, 0.15) is 0 Å². The van der Waals surface area contributed by atoms with Crippen LogP contribution in [0.25, 0.3) is 0 Å². The number of thioether (sulfide) groups is 1. The first kappa shape index (κ1) is 19.0. The third-order valence-electron chi connectivity index (χ3n) is 3.70. The van der Waals surface area contributed by atoms with Crippen LogP contribution >= 0.6 is 23.4 Å². The highest BCUT2D eigenvalue weighted by Gasteiger charge is 2.20. The first-order chi connectivity index (χ1) is 11.5. The molecule has 1 fully saturated rings. The zero-order valence-electron chi connectivity index (χ0n) is 13.1. The number of alkyl halides is 2. The van der Waals surface area contributed by atoms with Gasteiger partial charge in [-0.2, -0.15) is 8.78 Å². The lowest BCUT2D eigenvalue weighted by Crippen LogP contribution is -2.39. The summed E-state index contributed by atoms with van der Waals surface area (Å²) in [6.07, 6.45) is 4.21. The summed E-state index contributed by atoms with van der Waals surface area (Å²) in [6.45, 7) is 0.463. The molecule has 0 bridgehead atoms. The van der Waals surface area contributed by atoms with Crippen LogP contribution in [0.5, 0.6) is 0 Å². The van der Waals surface area contributed by atoms with E-state index in [0.29, 0.717) is 13.0 Å². The predicted molar refractivity (Wildman–Crippen MR) is 91.6 cm³/mol. The Morgan fingerprint density at radius 3 is 2.79 bits per heavy atom. The van der Waals surface area contributed by atoms with Crippen molar-refractivity contribution in [1.82, 2.24) is 4.90 Å². The minimum atomic E-state index is -2.64. The maximum atomic E-state index is 12.7. The lowest BCUT2D eigenvalue weighted by molar-refractivity contribution is -0.135. The molecule has 132 valence electrons. The van der Waals surface area contributed by atoms with Crippen molar-refractivity contribution in [2.45, 2.75) is 42.8 Å². The fourth-order valence-electron chi connectivity index (χ4n) is 2.56. The van der Waals surface area contributed by atoms with E-state index in [2.05, 4.69) is 5.32 Å². The van der Waals surface area contributed by atoms with E-state index >= 15 is 0 Å². The summed E-state index contributed by atoms with van der Waals surface area (Å²) in [5.41, 5.74) is 0.234. The first-order valence-electron chi connectivity index (χ1n) is 7.78. The molecule has 0 aliphatic carbocycles. The molecule has 2 amide bonds. The minimum Gasteiger partial charge on any atom is -0.333 e. The third-order valence-corrected chi connectivity index (χ3v) is 4.98. The molecule has 0 aromatic heterocycles. The SMILES string of the molecule is O=C(CN1CCCCCCC1=O)Nc1cccc(Cl)c1SC(F)F. The lowest BCUT2D eigenvalue weighted by atomic mass is 10.1. The van der Waals surface area contributed by atoms with E-state index in [9.17, 15) is 18.4 Å². The van der Waals surface area contributed by atoms with Gasteiger partial charge in [-0.25, -0.2) is 0 Å². The van der Waals surface area contributed by atoms with Crippen LogP contribution < -0.4 is 5.32 Å². The molecule has 1 heterocycles. The molecular weight excluding hydrogens is 358 g/mol. The van der Waals surface area contributed by atoms with Crippen molar-refractivity contribution in [2.24, 2.45) is 0 Å². The van der Waals surface area contributed by atoms with Crippen LogP contribution in [0, 0.1) is 0 Å². The number of halogens is 3. The minimum absolute atomic E-state index is 0.0434. The highest BCUT2D eigenvalue weighted by atomic mass is 35.5. The molecule has 0 saturated carbocycles. The van der Waals surface area contributed by atoms with Gasteiger partial charge in [0.2, 0.25) is 11.8 Å². The molecule has 0 spiro atoms. The molecule has 1 aromatic carbocycles. The first-order valence-corrected chi connectivity index (χ1v) is 9.04. The summed E-state index contributed by atoms with van der Waals surface area (Å²) in [7, 11) is 0. The number of nitrogens with one attached hydrogen (secondary N) is 1. The van der Waals surface area contributed by atoms with Crippen LogP contribution in [0.2, 0.25) is 5.02 Å². The zero-order valence-corrected chi connectivity index (χ0v) is 14.6. The largest absolute Gasteiger partial charge is 0.333 e. The van der Waals surface area contributed by atoms with Crippen molar-refractivity contribution >= 4 is 40.9 Å². The maximum Gasteiger partial charge on any atom is 0.289 e. The van der Waals surface area contributed by atoms with Gasteiger partial charge in [-0.05, 0) is 25.0 Å². The Morgan fingerprint density at radius 1 is 1.29 bits per heavy atom. The summed E-state index contributed by atoms with van der Waals surface area (Å²) < 4.78 is 25.3. The van der Waals surface area contributed by atoms with Gasteiger partial charge in [0.05, 0.1) is 22.2 Å². The number of benzene rings is 1. The summed E-state index contributed by atoms with van der Waals surface area (Å²) >= 11 is 6.23. The maximum absolute atomic E-state index is 12.7. The van der Waals surface area contributed by atoms with Gasteiger partial charge in [0.25, 0.3) is 5.76 Å². The molecule has 4 nitrogen and oxygen atoms in total. The van der Waals surface area contributed by atoms with E-state index < -0.39 is 11.7 Å². The number of carbonyl (C=O) groups is 2. The smallest absolute Gasteiger partial charge is 0.289 e. The molecule has 24 heavy (non-hydrogen) atoms. The van der Waals surface area contributed by atoms with Crippen LogP contribution in [0.1, 0.15) is 32.1 Å². The monoisotopic (exact) mass is 376 g/mol. The fraction of sp³-hybridized carbons (Fsp3) is 0.500. The van der Waals surface area contributed by atoms with E-state index in [1.54, 1.807) is 6.07 Å². The molecule has 8 heteroatoms.